The van der Waals surface area contributed by atoms with Crippen LogP contribution in [0.1, 0.15) is 6.92 Å². The zero-order valence-corrected chi connectivity index (χ0v) is 10.0. The molecule has 0 aliphatic heterocycles. The molecule has 0 rings (SSSR count). The average molecular weight is 265 g/mol. The van der Waals surface area contributed by atoms with Crippen LogP contribution in [0, 0.1) is 0 Å². The van der Waals surface area contributed by atoms with Crippen molar-refractivity contribution < 1.29 is 17.1 Å². The fourth-order valence-electron chi connectivity index (χ4n) is 0.390. The largest absolute Gasteiger partial charge is 2.00 e. The van der Waals surface area contributed by atoms with Crippen LogP contribution < -0.4 is 10.6 Å². The molecule has 0 heterocycles. The summed E-state index contributed by atoms with van der Waals surface area (Å²) in [6.07, 6.45) is -0.0741. The molecule has 63 valence electrons. The minimum absolute atomic E-state index is 0. The van der Waals surface area contributed by atoms with Crippen molar-refractivity contribution in [2.45, 2.75) is 13.1 Å². The summed E-state index contributed by atoms with van der Waals surface area (Å²) in [7, 11) is 0. The van der Waals surface area contributed by atoms with Crippen molar-refractivity contribution in [3.8, 4) is 0 Å². The minimum atomic E-state index is -0.0741. The summed E-state index contributed by atoms with van der Waals surface area (Å²) >= 11 is 18.4. The molecule has 2 N–H and O–H groups in total. The predicted molar refractivity (Wildman–Crippen MR) is 55.7 cm³/mol. The van der Waals surface area contributed by atoms with E-state index in [-0.39, 0.29) is 23.2 Å². The number of hydrogen-bond donors (Lipinski definition) is 2. The molecule has 0 atom stereocenters. The smallest absolute Gasteiger partial charge is 0.412 e. The summed E-state index contributed by atoms with van der Waals surface area (Å²) in [6, 6.07) is 0. The summed E-state index contributed by atoms with van der Waals surface area (Å²) in [5.74, 6) is 0. The standard InChI is InChI=1S/C4H8N2S4.Mn/c1-2(5-3(7)8)6-4(9)10;/h2H,1H3,(H2,5,7,8)(H2,6,9,10);/q;+2/p-2. The first-order chi connectivity index (χ1) is 4.52. The number of rotatable bonds is 2. The molecule has 2 nitrogen and oxygen atoms in total. The molecule has 7 heteroatoms. The van der Waals surface area contributed by atoms with Crippen LogP contribution in [0.5, 0.6) is 0 Å². The number of nitrogens with one attached hydrogen (secondary N) is 2. The van der Waals surface area contributed by atoms with Gasteiger partial charge in [-0.05, 0) is 6.92 Å². The van der Waals surface area contributed by atoms with E-state index in [2.05, 4.69) is 60.3 Å². The maximum Gasteiger partial charge on any atom is 2.00 e. The van der Waals surface area contributed by atoms with Gasteiger partial charge in [0.1, 0.15) is 0 Å². The van der Waals surface area contributed by atoms with E-state index in [1.54, 1.807) is 0 Å². The normalized spacial score (nSPS) is 8.18. The van der Waals surface area contributed by atoms with Gasteiger partial charge in [-0.3, -0.25) is 0 Å². The Hall–Kier alpha value is 0.739. The van der Waals surface area contributed by atoms with Gasteiger partial charge in [0.25, 0.3) is 0 Å². The van der Waals surface area contributed by atoms with Gasteiger partial charge in [0.05, 0.1) is 6.17 Å². The Kier molecular flexibility index (Phi) is 9.59. The number of thiocarbonyl (C=S) groups is 2. The van der Waals surface area contributed by atoms with Gasteiger partial charge >= 0.3 is 17.1 Å². The van der Waals surface area contributed by atoms with Gasteiger partial charge in [-0.15, -0.1) is 0 Å². The topological polar surface area (TPSA) is 24.1 Å². The first kappa shape index (κ1) is 14.3. The molecule has 0 unspecified atom stereocenters. The van der Waals surface area contributed by atoms with E-state index in [4.69, 9.17) is 0 Å². The summed E-state index contributed by atoms with van der Waals surface area (Å²) in [6.45, 7) is 1.83. The van der Waals surface area contributed by atoms with E-state index in [1.807, 2.05) is 6.92 Å². The minimum Gasteiger partial charge on any atom is -0.412 e. The summed E-state index contributed by atoms with van der Waals surface area (Å²) in [5.41, 5.74) is 0. The fourth-order valence-corrected chi connectivity index (χ4v) is 1.10. The van der Waals surface area contributed by atoms with Gasteiger partial charge in [-0.2, -0.15) is 0 Å². The average Bonchev–Trinajstić information content (AvgIpc) is 1.58. The van der Waals surface area contributed by atoms with Crippen LogP contribution in [0.25, 0.3) is 0 Å². The van der Waals surface area contributed by atoms with E-state index < -0.39 is 0 Å². The molecule has 0 bridgehead atoms. The number of hydrogen-bond acceptors (Lipinski definition) is 4. The van der Waals surface area contributed by atoms with E-state index in [0.717, 1.165) is 0 Å². The molecule has 0 spiro atoms. The zero-order chi connectivity index (χ0) is 8.15. The molecule has 11 heavy (non-hydrogen) atoms. The molecular weight excluding hydrogens is 259 g/mol. The molecule has 0 saturated heterocycles. The molecule has 0 saturated carbocycles. The Morgan fingerprint density at radius 2 is 1.45 bits per heavy atom. The Balaban J connectivity index is 0. The van der Waals surface area contributed by atoms with Crippen molar-refractivity contribution in [1.29, 1.82) is 0 Å². The Labute approximate surface area is 98.6 Å². The third kappa shape index (κ3) is 10.7. The molecule has 0 aromatic rings. The van der Waals surface area contributed by atoms with Gasteiger partial charge in [0.15, 0.2) is 0 Å². The van der Waals surface area contributed by atoms with Crippen LogP contribution in [0.4, 0.5) is 0 Å². The van der Waals surface area contributed by atoms with Crippen LogP contribution in [0.15, 0.2) is 0 Å². The second-order valence-electron chi connectivity index (χ2n) is 1.59. The molecule has 0 aromatic carbocycles. The zero-order valence-electron chi connectivity index (χ0n) is 5.59. The van der Waals surface area contributed by atoms with Crippen molar-refractivity contribution in [2.75, 3.05) is 0 Å². The first-order valence-corrected chi connectivity index (χ1v) is 4.10. The van der Waals surface area contributed by atoms with Crippen LogP contribution in [0.3, 0.4) is 0 Å². The third-order valence-corrected chi connectivity index (χ3v) is 1.14. The van der Waals surface area contributed by atoms with Crippen LogP contribution in [-0.2, 0) is 42.3 Å². The summed E-state index contributed by atoms with van der Waals surface area (Å²) < 4.78 is 0.623. The van der Waals surface area contributed by atoms with Crippen molar-refractivity contribution in [3.05, 3.63) is 0 Å². The van der Waals surface area contributed by atoms with Crippen molar-refractivity contribution >= 4 is 58.3 Å². The second kappa shape index (κ2) is 7.39. The monoisotopic (exact) mass is 265 g/mol. The first-order valence-electron chi connectivity index (χ1n) is 2.47. The van der Waals surface area contributed by atoms with E-state index >= 15 is 0 Å². The molecule has 0 aliphatic carbocycles. The third-order valence-electron chi connectivity index (χ3n) is 0.669. The van der Waals surface area contributed by atoms with Crippen LogP contribution in [-0.4, -0.2) is 14.8 Å². The Bertz CT molecular complexity index is 135. The maximum absolute atomic E-state index is 4.61. The predicted octanol–water partition coefficient (Wildman–Crippen LogP) is 0.173. The van der Waals surface area contributed by atoms with E-state index in [1.165, 1.54) is 0 Å². The summed E-state index contributed by atoms with van der Waals surface area (Å²) in [5, 5.41) is 5.51. The Morgan fingerprint density at radius 3 is 1.64 bits per heavy atom. The van der Waals surface area contributed by atoms with Gasteiger partial charge in [-0.25, -0.2) is 0 Å². The quantitative estimate of drug-likeness (QED) is 0.320. The van der Waals surface area contributed by atoms with Gasteiger partial charge in [0.2, 0.25) is 0 Å². The SMILES string of the molecule is CC(NC(=S)[S-])NC(=S)[S-].[Mn+2]. The molecule has 1 radical (unpaired) electrons. The van der Waals surface area contributed by atoms with E-state index in [0.29, 0.717) is 8.64 Å². The molecule has 0 aliphatic rings. The van der Waals surface area contributed by atoms with Crippen molar-refractivity contribution in [1.82, 2.24) is 10.6 Å². The fraction of sp³-hybridized carbons (Fsp3) is 0.500. The van der Waals surface area contributed by atoms with Gasteiger partial charge in [-0.1, -0.05) is 8.64 Å². The molecule has 0 amide bonds. The van der Waals surface area contributed by atoms with E-state index in [9.17, 15) is 0 Å². The van der Waals surface area contributed by atoms with Crippen molar-refractivity contribution in [2.24, 2.45) is 0 Å². The second-order valence-corrected chi connectivity index (χ2v) is 3.74. The molecular formula is C4H6MnN2S4. The molecule has 0 aromatic heterocycles. The summed E-state index contributed by atoms with van der Waals surface area (Å²) in [4.78, 5) is 0. The van der Waals surface area contributed by atoms with Crippen LogP contribution in [0.2, 0.25) is 0 Å². The van der Waals surface area contributed by atoms with Crippen LogP contribution >= 0.6 is 24.4 Å². The maximum atomic E-state index is 4.61. The van der Waals surface area contributed by atoms with Gasteiger partial charge < -0.3 is 60.3 Å². The molecule has 0 fully saturated rings. The van der Waals surface area contributed by atoms with Crippen molar-refractivity contribution in [3.63, 3.8) is 0 Å². The Morgan fingerprint density at radius 1 is 1.18 bits per heavy atom. The van der Waals surface area contributed by atoms with Gasteiger partial charge in [0, 0.05) is 0 Å².